The molecular formula is C13H25N3O2. The molecule has 2 N–H and O–H groups in total. The number of piperazine rings is 1. The minimum atomic E-state index is -0.129. The van der Waals surface area contributed by atoms with E-state index in [2.05, 4.69) is 0 Å². The van der Waals surface area contributed by atoms with Crippen LogP contribution in [0, 0.1) is 5.41 Å². The van der Waals surface area contributed by atoms with Crippen molar-refractivity contribution in [2.24, 2.45) is 11.1 Å². The van der Waals surface area contributed by atoms with E-state index in [1.165, 1.54) is 0 Å². The monoisotopic (exact) mass is 255 g/mol. The summed E-state index contributed by atoms with van der Waals surface area (Å²) in [5.41, 5.74) is 5.96. The van der Waals surface area contributed by atoms with Gasteiger partial charge in [0.1, 0.15) is 0 Å². The first-order valence-corrected chi connectivity index (χ1v) is 6.50. The van der Waals surface area contributed by atoms with Gasteiger partial charge in [-0.05, 0) is 5.41 Å². The molecule has 0 aromatic rings. The van der Waals surface area contributed by atoms with Gasteiger partial charge in [-0.3, -0.25) is 9.59 Å². The molecular weight excluding hydrogens is 230 g/mol. The van der Waals surface area contributed by atoms with E-state index in [4.69, 9.17) is 5.73 Å². The lowest BCUT2D eigenvalue weighted by Gasteiger charge is -2.36. The van der Waals surface area contributed by atoms with Crippen LogP contribution in [0.2, 0.25) is 0 Å². The molecule has 0 aliphatic carbocycles. The molecule has 0 bridgehead atoms. The van der Waals surface area contributed by atoms with Crippen LogP contribution in [0.25, 0.3) is 0 Å². The van der Waals surface area contributed by atoms with E-state index < -0.39 is 0 Å². The fourth-order valence-electron chi connectivity index (χ4n) is 1.89. The maximum atomic E-state index is 12.1. The fraction of sp³-hybridized carbons (Fsp3) is 0.846. The summed E-state index contributed by atoms with van der Waals surface area (Å²) in [5.74, 6) is 0.175. The number of nitrogens with zero attached hydrogens (tertiary/aromatic N) is 2. The first-order chi connectivity index (χ1) is 8.21. The predicted molar refractivity (Wildman–Crippen MR) is 70.9 cm³/mol. The van der Waals surface area contributed by atoms with E-state index in [1.807, 2.05) is 25.7 Å². The highest BCUT2D eigenvalue weighted by Crippen LogP contribution is 2.20. The van der Waals surface area contributed by atoms with Crippen molar-refractivity contribution in [1.82, 2.24) is 9.80 Å². The summed E-state index contributed by atoms with van der Waals surface area (Å²) in [6.45, 7) is 10.2. The van der Waals surface area contributed by atoms with Gasteiger partial charge in [0.05, 0.1) is 0 Å². The number of carbonyl (C=O) groups is 2. The van der Waals surface area contributed by atoms with Gasteiger partial charge in [-0.15, -0.1) is 0 Å². The zero-order chi connectivity index (χ0) is 13.9. The lowest BCUT2D eigenvalue weighted by Crippen LogP contribution is -2.51. The van der Waals surface area contributed by atoms with Gasteiger partial charge in [0, 0.05) is 45.6 Å². The molecule has 1 aliphatic rings. The predicted octanol–water partition coefficient (Wildman–Crippen LogP) is 0.441. The average Bonchev–Trinajstić information content (AvgIpc) is 2.27. The summed E-state index contributed by atoms with van der Waals surface area (Å²) in [4.78, 5) is 26.8. The Bertz CT molecular complexity index is 315. The van der Waals surface area contributed by atoms with Gasteiger partial charge in [0.15, 0.2) is 0 Å². The van der Waals surface area contributed by atoms with Crippen molar-refractivity contribution in [3.63, 3.8) is 0 Å². The fourth-order valence-corrected chi connectivity index (χ4v) is 1.89. The maximum Gasteiger partial charge on any atom is 0.224 e. The van der Waals surface area contributed by atoms with Crippen LogP contribution < -0.4 is 5.73 Å². The molecule has 104 valence electrons. The minimum absolute atomic E-state index is 0.0587. The van der Waals surface area contributed by atoms with Crippen molar-refractivity contribution in [2.75, 3.05) is 26.2 Å². The Morgan fingerprint density at radius 2 is 1.56 bits per heavy atom. The number of rotatable bonds is 2. The van der Waals surface area contributed by atoms with Gasteiger partial charge < -0.3 is 15.5 Å². The Hall–Kier alpha value is -1.10. The highest BCUT2D eigenvalue weighted by molar-refractivity contribution is 5.78. The van der Waals surface area contributed by atoms with Gasteiger partial charge in [-0.2, -0.15) is 0 Å². The van der Waals surface area contributed by atoms with Crippen molar-refractivity contribution in [1.29, 1.82) is 0 Å². The number of amides is 2. The summed E-state index contributed by atoms with van der Waals surface area (Å²) in [5, 5.41) is 0. The molecule has 0 aromatic heterocycles. The van der Waals surface area contributed by atoms with Crippen molar-refractivity contribution in [2.45, 2.75) is 40.2 Å². The second-order valence-corrected chi connectivity index (χ2v) is 6.06. The third kappa shape index (κ3) is 3.98. The molecule has 1 aliphatic heterocycles. The minimum Gasteiger partial charge on any atom is -0.339 e. The second kappa shape index (κ2) is 5.69. The maximum absolute atomic E-state index is 12.1. The molecule has 2 amide bonds. The van der Waals surface area contributed by atoms with Gasteiger partial charge >= 0.3 is 0 Å². The molecule has 5 heteroatoms. The third-order valence-corrected chi connectivity index (χ3v) is 3.58. The molecule has 0 aromatic carbocycles. The second-order valence-electron chi connectivity index (χ2n) is 6.06. The van der Waals surface area contributed by atoms with Crippen molar-refractivity contribution < 1.29 is 9.59 Å². The molecule has 0 saturated carbocycles. The molecule has 0 spiro atoms. The first kappa shape index (κ1) is 15.0. The van der Waals surface area contributed by atoms with Crippen LogP contribution in [0.15, 0.2) is 0 Å². The number of nitrogens with two attached hydrogens (primary N) is 1. The number of carbonyl (C=O) groups excluding carboxylic acids is 2. The van der Waals surface area contributed by atoms with E-state index in [0.717, 1.165) is 0 Å². The van der Waals surface area contributed by atoms with Crippen LogP contribution in [0.1, 0.15) is 34.1 Å². The van der Waals surface area contributed by atoms with E-state index in [0.29, 0.717) is 32.6 Å². The van der Waals surface area contributed by atoms with Gasteiger partial charge in [0.25, 0.3) is 0 Å². The van der Waals surface area contributed by atoms with E-state index in [1.54, 1.807) is 11.8 Å². The molecule has 1 rings (SSSR count). The first-order valence-electron chi connectivity index (χ1n) is 6.50. The number of hydrogen-bond donors (Lipinski definition) is 1. The highest BCUT2D eigenvalue weighted by atomic mass is 16.2. The Labute approximate surface area is 109 Å². The summed E-state index contributed by atoms with van der Waals surface area (Å²) in [6.07, 6.45) is 0.379. The summed E-state index contributed by atoms with van der Waals surface area (Å²) in [6, 6.07) is -0.129. The largest absolute Gasteiger partial charge is 0.339 e. The quantitative estimate of drug-likeness (QED) is 0.778. The topological polar surface area (TPSA) is 66.6 Å². The van der Waals surface area contributed by atoms with Crippen LogP contribution in [-0.4, -0.2) is 53.8 Å². The molecule has 0 radical (unpaired) electrons. The van der Waals surface area contributed by atoms with Gasteiger partial charge in [-0.25, -0.2) is 0 Å². The van der Waals surface area contributed by atoms with E-state index in [9.17, 15) is 9.59 Å². The molecule has 1 fully saturated rings. The van der Waals surface area contributed by atoms with Crippen LogP contribution in [-0.2, 0) is 9.59 Å². The lowest BCUT2D eigenvalue weighted by atomic mass is 9.85. The average molecular weight is 255 g/mol. The van der Waals surface area contributed by atoms with Crippen molar-refractivity contribution >= 4 is 11.8 Å². The van der Waals surface area contributed by atoms with E-state index >= 15 is 0 Å². The molecule has 5 nitrogen and oxygen atoms in total. The van der Waals surface area contributed by atoms with Crippen LogP contribution in [0.5, 0.6) is 0 Å². The SMILES string of the molecule is CC(=O)N1CCN(C(=O)CC(N)C(C)(C)C)CC1. The van der Waals surface area contributed by atoms with Crippen LogP contribution in [0.3, 0.4) is 0 Å². The summed E-state index contributed by atoms with van der Waals surface area (Å²) in [7, 11) is 0. The van der Waals surface area contributed by atoms with Gasteiger partial charge in [-0.1, -0.05) is 20.8 Å². The van der Waals surface area contributed by atoms with Crippen LogP contribution >= 0.6 is 0 Å². The third-order valence-electron chi connectivity index (χ3n) is 3.58. The highest BCUT2D eigenvalue weighted by Gasteiger charge is 2.27. The Kier molecular flexibility index (Phi) is 4.73. The van der Waals surface area contributed by atoms with Crippen molar-refractivity contribution in [3.05, 3.63) is 0 Å². The van der Waals surface area contributed by atoms with Crippen LogP contribution in [0.4, 0.5) is 0 Å². The zero-order valence-corrected chi connectivity index (χ0v) is 11.9. The molecule has 1 saturated heterocycles. The van der Waals surface area contributed by atoms with E-state index in [-0.39, 0.29) is 23.3 Å². The number of hydrogen-bond acceptors (Lipinski definition) is 3. The standard InChI is InChI=1S/C13H25N3O2/c1-10(17)15-5-7-16(8-6-15)12(18)9-11(14)13(2,3)4/h11H,5-9,14H2,1-4H3. The molecule has 18 heavy (non-hydrogen) atoms. The Morgan fingerprint density at radius 3 is 1.94 bits per heavy atom. The lowest BCUT2D eigenvalue weighted by molar-refractivity contribution is -0.139. The summed E-state index contributed by atoms with van der Waals surface area (Å²) < 4.78 is 0. The Balaban J connectivity index is 2.43. The zero-order valence-electron chi connectivity index (χ0n) is 11.9. The normalized spacial score (nSPS) is 18.7. The van der Waals surface area contributed by atoms with Gasteiger partial charge in [0.2, 0.25) is 11.8 Å². The molecule has 1 unspecified atom stereocenters. The summed E-state index contributed by atoms with van der Waals surface area (Å²) >= 11 is 0. The van der Waals surface area contributed by atoms with Crippen molar-refractivity contribution in [3.8, 4) is 0 Å². The molecule has 1 atom stereocenters. The Morgan fingerprint density at radius 1 is 1.11 bits per heavy atom. The smallest absolute Gasteiger partial charge is 0.224 e. The molecule has 1 heterocycles.